The minimum atomic E-state index is -0.160. The Bertz CT molecular complexity index is 222. The quantitative estimate of drug-likeness (QED) is 0.678. The maximum absolute atomic E-state index is 5.11. The van der Waals surface area contributed by atoms with Crippen LogP contribution in [0.1, 0.15) is 0 Å². The first-order valence-corrected chi connectivity index (χ1v) is 4.96. The number of nitrogens with zero attached hydrogens (tertiary/aromatic N) is 1. The molecule has 0 saturated carbocycles. The second-order valence-electron chi connectivity index (χ2n) is 2.73. The van der Waals surface area contributed by atoms with Crippen molar-refractivity contribution in [1.82, 2.24) is 0 Å². The third-order valence-corrected chi connectivity index (χ3v) is 2.81. The zero-order valence-electron chi connectivity index (χ0n) is 8.19. The highest BCUT2D eigenvalue weighted by Gasteiger charge is 2.09. The molecule has 74 valence electrons. The van der Waals surface area contributed by atoms with Crippen LogP contribution in [0.4, 0.5) is 5.00 Å². The van der Waals surface area contributed by atoms with E-state index >= 15 is 0 Å². The van der Waals surface area contributed by atoms with Crippen molar-refractivity contribution in [1.29, 1.82) is 0 Å². The number of anilines is 1. The van der Waals surface area contributed by atoms with E-state index in [1.807, 2.05) is 13.1 Å². The third kappa shape index (κ3) is 2.99. The van der Waals surface area contributed by atoms with Gasteiger partial charge in [0.05, 0.1) is 11.5 Å². The van der Waals surface area contributed by atoms with Crippen molar-refractivity contribution >= 4 is 16.3 Å². The van der Waals surface area contributed by atoms with Gasteiger partial charge in [-0.3, -0.25) is 0 Å². The van der Waals surface area contributed by atoms with Gasteiger partial charge in [0.25, 0.3) is 0 Å². The van der Waals surface area contributed by atoms with Gasteiger partial charge in [0, 0.05) is 21.3 Å². The Morgan fingerprint density at radius 1 is 1.46 bits per heavy atom. The number of rotatable bonds is 5. The fourth-order valence-electron chi connectivity index (χ4n) is 1.05. The van der Waals surface area contributed by atoms with Crippen LogP contribution in [0.15, 0.2) is 17.5 Å². The minimum Gasteiger partial charge on any atom is -0.361 e. The molecule has 0 radical (unpaired) electrons. The van der Waals surface area contributed by atoms with E-state index in [9.17, 15) is 0 Å². The molecule has 0 bridgehead atoms. The van der Waals surface area contributed by atoms with Gasteiger partial charge >= 0.3 is 0 Å². The molecule has 0 amide bonds. The molecular weight excluding hydrogens is 186 g/mol. The van der Waals surface area contributed by atoms with Crippen molar-refractivity contribution in [3.63, 3.8) is 0 Å². The molecule has 0 aromatic carbocycles. The zero-order chi connectivity index (χ0) is 9.68. The summed E-state index contributed by atoms with van der Waals surface area (Å²) >= 11 is 1.71. The largest absolute Gasteiger partial charge is 0.361 e. The van der Waals surface area contributed by atoms with E-state index in [0.717, 1.165) is 6.54 Å². The maximum atomic E-state index is 5.11. The van der Waals surface area contributed by atoms with Gasteiger partial charge in [0.1, 0.15) is 0 Å². The van der Waals surface area contributed by atoms with Crippen LogP contribution in [-0.2, 0) is 9.47 Å². The minimum absolute atomic E-state index is 0.160. The van der Waals surface area contributed by atoms with Crippen molar-refractivity contribution in [3.05, 3.63) is 17.5 Å². The van der Waals surface area contributed by atoms with Crippen LogP contribution in [0.25, 0.3) is 0 Å². The first-order chi connectivity index (χ1) is 6.27. The first kappa shape index (κ1) is 10.5. The Morgan fingerprint density at radius 3 is 2.62 bits per heavy atom. The van der Waals surface area contributed by atoms with Gasteiger partial charge < -0.3 is 14.4 Å². The fourth-order valence-corrected chi connectivity index (χ4v) is 1.75. The molecule has 0 aliphatic heterocycles. The molecule has 4 heteroatoms. The van der Waals surface area contributed by atoms with Crippen LogP contribution < -0.4 is 4.90 Å². The highest BCUT2D eigenvalue weighted by Crippen LogP contribution is 2.19. The molecule has 0 spiro atoms. The summed E-state index contributed by atoms with van der Waals surface area (Å²) in [6.07, 6.45) is -0.160. The lowest BCUT2D eigenvalue weighted by Gasteiger charge is -2.22. The Morgan fingerprint density at radius 2 is 2.15 bits per heavy atom. The second kappa shape index (κ2) is 5.21. The molecule has 1 aromatic rings. The number of hydrogen-bond acceptors (Lipinski definition) is 4. The molecule has 3 nitrogen and oxygen atoms in total. The van der Waals surface area contributed by atoms with Gasteiger partial charge in [0.15, 0.2) is 6.29 Å². The molecule has 0 unspecified atom stereocenters. The Hall–Kier alpha value is -0.580. The van der Waals surface area contributed by atoms with Gasteiger partial charge in [-0.1, -0.05) is 0 Å². The SMILES string of the molecule is COC(CN(C)c1cccs1)OC. The number of methoxy groups -OCH3 is 2. The number of thiophene rings is 1. The summed E-state index contributed by atoms with van der Waals surface area (Å²) in [5, 5.41) is 3.28. The van der Waals surface area contributed by atoms with Crippen molar-refractivity contribution in [2.24, 2.45) is 0 Å². The highest BCUT2D eigenvalue weighted by molar-refractivity contribution is 7.14. The molecule has 0 atom stereocenters. The van der Waals surface area contributed by atoms with Gasteiger partial charge in [-0.15, -0.1) is 11.3 Å². The average molecular weight is 201 g/mol. The molecule has 0 aliphatic rings. The van der Waals surface area contributed by atoms with Crippen molar-refractivity contribution in [2.45, 2.75) is 6.29 Å². The van der Waals surface area contributed by atoms with Crippen LogP contribution in [-0.4, -0.2) is 34.1 Å². The molecule has 0 aliphatic carbocycles. The lowest BCUT2D eigenvalue weighted by molar-refractivity contribution is -0.0943. The van der Waals surface area contributed by atoms with Crippen molar-refractivity contribution in [2.75, 3.05) is 32.7 Å². The zero-order valence-corrected chi connectivity index (χ0v) is 9.00. The summed E-state index contributed by atoms with van der Waals surface area (Å²) in [5.41, 5.74) is 0. The van der Waals surface area contributed by atoms with E-state index in [4.69, 9.17) is 9.47 Å². The lowest BCUT2D eigenvalue weighted by atomic mass is 10.5. The normalized spacial score (nSPS) is 10.8. The van der Waals surface area contributed by atoms with E-state index in [1.165, 1.54) is 5.00 Å². The van der Waals surface area contributed by atoms with Gasteiger partial charge in [-0.05, 0) is 17.5 Å². The molecule has 0 saturated heterocycles. The van der Waals surface area contributed by atoms with Gasteiger partial charge in [-0.2, -0.15) is 0 Å². The third-order valence-electron chi connectivity index (χ3n) is 1.83. The Balaban J connectivity index is 2.45. The van der Waals surface area contributed by atoms with Crippen molar-refractivity contribution in [3.8, 4) is 0 Å². The topological polar surface area (TPSA) is 21.7 Å². The van der Waals surface area contributed by atoms with Crippen LogP contribution in [0, 0.1) is 0 Å². The summed E-state index contributed by atoms with van der Waals surface area (Å²) in [5.74, 6) is 0. The van der Waals surface area contributed by atoms with Crippen molar-refractivity contribution < 1.29 is 9.47 Å². The summed E-state index contributed by atoms with van der Waals surface area (Å²) in [4.78, 5) is 2.11. The molecular formula is C9H15NO2S. The predicted molar refractivity (Wildman–Crippen MR) is 55.4 cm³/mol. The van der Waals surface area contributed by atoms with Gasteiger partial charge in [-0.25, -0.2) is 0 Å². The van der Waals surface area contributed by atoms with Gasteiger partial charge in [0.2, 0.25) is 0 Å². The van der Waals surface area contributed by atoms with E-state index < -0.39 is 0 Å². The number of likely N-dealkylation sites (N-methyl/N-ethyl adjacent to an activating group) is 1. The standard InChI is InChI=1S/C9H15NO2S/c1-10(7-9(11-2)12-3)8-5-4-6-13-8/h4-6,9H,7H2,1-3H3. The number of hydrogen-bond donors (Lipinski definition) is 0. The smallest absolute Gasteiger partial charge is 0.174 e. The fraction of sp³-hybridized carbons (Fsp3) is 0.556. The average Bonchev–Trinajstić information content (AvgIpc) is 2.66. The molecule has 0 N–H and O–H groups in total. The van der Waals surface area contributed by atoms with E-state index in [-0.39, 0.29) is 6.29 Å². The molecule has 1 heterocycles. The summed E-state index contributed by atoms with van der Waals surface area (Å²) in [6, 6.07) is 4.11. The van der Waals surface area contributed by atoms with Crippen LogP contribution in [0.2, 0.25) is 0 Å². The van der Waals surface area contributed by atoms with Crippen LogP contribution in [0.5, 0.6) is 0 Å². The van der Waals surface area contributed by atoms with Crippen LogP contribution in [0.3, 0.4) is 0 Å². The summed E-state index contributed by atoms with van der Waals surface area (Å²) in [7, 11) is 5.32. The Kier molecular flexibility index (Phi) is 4.21. The monoisotopic (exact) mass is 201 g/mol. The maximum Gasteiger partial charge on any atom is 0.174 e. The van der Waals surface area contributed by atoms with E-state index in [0.29, 0.717) is 0 Å². The lowest BCUT2D eigenvalue weighted by Crippen LogP contribution is -2.31. The highest BCUT2D eigenvalue weighted by atomic mass is 32.1. The summed E-state index contributed by atoms with van der Waals surface area (Å²) in [6.45, 7) is 0.744. The van der Waals surface area contributed by atoms with Crippen LogP contribution >= 0.6 is 11.3 Å². The molecule has 1 rings (SSSR count). The molecule has 0 fully saturated rings. The number of ether oxygens (including phenoxy) is 2. The van der Waals surface area contributed by atoms with E-state index in [2.05, 4.69) is 16.3 Å². The van der Waals surface area contributed by atoms with E-state index in [1.54, 1.807) is 25.6 Å². The predicted octanol–water partition coefficient (Wildman–Crippen LogP) is 1.80. The molecule has 1 aromatic heterocycles. The first-order valence-electron chi connectivity index (χ1n) is 4.08. The summed E-state index contributed by atoms with van der Waals surface area (Å²) < 4.78 is 10.2. The Labute approximate surface area is 82.9 Å². The second-order valence-corrected chi connectivity index (χ2v) is 3.66. The molecule has 13 heavy (non-hydrogen) atoms.